The maximum absolute atomic E-state index is 11.2. The topological polar surface area (TPSA) is 55.2 Å². The fourth-order valence-electron chi connectivity index (χ4n) is 3.78. The summed E-state index contributed by atoms with van der Waals surface area (Å²) in [5.74, 6) is 0.316. The number of benzene rings is 2. The number of nitrogens with zero attached hydrogens (tertiary/aromatic N) is 1. The minimum Gasteiger partial charge on any atom is -0.376 e. The van der Waals surface area contributed by atoms with Crippen LogP contribution >= 0.6 is 34.8 Å². The van der Waals surface area contributed by atoms with Crippen molar-refractivity contribution in [2.45, 2.75) is 18.4 Å². The lowest BCUT2D eigenvalue weighted by molar-refractivity contribution is -0.384. The molecule has 0 amide bonds. The maximum Gasteiger partial charge on any atom is 0.271 e. The van der Waals surface area contributed by atoms with E-state index in [0.29, 0.717) is 15.1 Å². The van der Waals surface area contributed by atoms with Crippen LogP contribution in [0, 0.1) is 16.0 Å². The highest BCUT2D eigenvalue weighted by Crippen LogP contribution is 2.52. The number of non-ortho nitro benzene ring substituents is 1. The van der Waals surface area contributed by atoms with Crippen molar-refractivity contribution in [2.24, 2.45) is 5.92 Å². The number of nitrogens with one attached hydrogen (secondary N) is 1. The van der Waals surface area contributed by atoms with Gasteiger partial charge in [0.1, 0.15) is 0 Å². The number of nitro groups is 1. The zero-order chi connectivity index (χ0) is 17.7. The van der Waals surface area contributed by atoms with E-state index >= 15 is 0 Å². The second-order valence-electron chi connectivity index (χ2n) is 6.30. The molecule has 0 unspecified atom stereocenters. The van der Waals surface area contributed by atoms with E-state index in [0.717, 1.165) is 23.2 Å². The molecule has 2 aromatic carbocycles. The van der Waals surface area contributed by atoms with E-state index in [2.05, 4.69) is 17.5 Å². The normalized spacial score (nSPS) is 23.7. The number of fused-ring (bicyclic) bond motifs is 3. The van der Waals surface area contributed by atoms with Crippen LogP contribution in [0.2, 0.25) is 15.1 Å². The van der Waals surface area contributed by atoms with Gasteiger partial charge in [-0.25, -0.2) is 0 Å². The molecule has 1 heterocycles. The summed E-state index contributed by atoms with van der Waals surface area (Å²) in [6, 6.07) is 8.60. The molecular formula is C18H13Cl3N2O2. The SMILES string of the molecule is O=[N+]([O-])c1cc(Cl)c2c(c1)[C@@H]1C=CC[C@@H]1[C@@H](c1ccc(Cl)c(Cl)c1)N2. The lowest BCUT2D eigenvalue weighted by Gasteiger charge is -2.38. The van der Waals surface area contributed by atoms with Crippen LogP contribution in [0.4, 0.5) is 11.4 Å². The molecule has 1 aliphatic heterocycles. The van der Waals surface area contributed by atoms with E-state index in [1.165, 1.54) is 6.07 Å². The molecule has 0 radical (unpaired) electrons. The summed E-state index contributed by atoms with van der Waals surface area (Å²) >= 11 is 18.6. The van der Waals surface area contributed by atoms with Gasteiger partial charge in [0.05, 0.1) is 31.7 Å². The van der Waals surface area contributed by atoms with Crippen molar-refractivity contribution in [1.82, 2.24) is 0 Å². The molecule has 25 heavy (non-hydrogen) atoms. The highest BCUT2D eigenvalue weighted by Gasteiger charge is 2.39. The number of hydrogen-bond donors (Lipinski definition) is 1. The zero-order valence-electron chi connectivity index (χ0n) is 12.9. The number of halogens is 3. The number of hydrogen-bond acceptors (Lipinski definition) is 3. The van der Waals surface area contributed by atoms with Gasteiger partial charge in [0.15, 0.2) is 0 Å². The summed E-state index contributed by atoms with van der Waals surface area (Å²) in [6.45, 7) is 0. The number of nitro benzene ring substituents is 1. The summed E-state index contributed by atoms with van der Waals surface area (Å²) in [4.78, 5) is 10.8. The van der Waals surface area contributed by atoms with Gasteiger partial charge < -0.3 is 5.32 Å². The summed E-state index contributed by atoms with van der Waals surface area (Å²) in [5.41, 5.74) is 2.65. The van der Waals surface area contributed by atoms with Gasteiger partial charge >= 0.3 is 0 Å². The summed E-state index contributed by atoms with van der Waals surface area (Å²) in [5, 5.41) is 16.0. The molecule has 0 aromatic heterocycles. The van der Waals surface area contributed by atoms with Gasteiger partial charge in [0.2, 0.25) is 0 Å². The number of anilines is 1. The monoisotopic (exact) mass is 394 g/mol. The van der Waals surface area contributed by atoms with Crippen LogP contribution in [0.1, 0.15) is 29.5 Å². The van der Waals surface area contributed by atoms with Gasteiger partial charge in [0, 0.05) is 18.1 Å². The van der Waals surface area contributed by atoms with E-state index in [4.69, 9.17) is 34.8 Å². The molecule has 4 nitrogen and oxygen atoms in total. The summed E-state index contributed by atoms with van der Waals surface area (Å²) in [7, 11) is 0. The first-order valence-electron chi connectivity index (χ1n) is 7.81. The van der Waals surface area contributed by atoms with Gasteiger partial charge in [-0.1, -0.05) is 53.0 Å². The van der Waals surface area contributed by atoms with Crippen molar-refractivity contribution in [3.05, 3.63) is 78.8 Å². The summed E-state index contributed by atoms with van der Waals surface area (Å²) in [6.07, 6.45) is 5.10. The Bertz CT molecular complexity index is 913. The molecule has 3 atom stereocenters. The first kappa shape index (κ1) is 16.7. The molecule has 0 fully saturated rings. The maximum atomic E-state index is 11.2. The lowest BCUT2D eigenvalue weighted by atomic mass is 9.77. The standard InChI is InChI=1S/C18H13Cl3N2O2/c19-14-5-4-9(6-15(14)20)17-12-3-1-2-11(12)13-7-10(23(24)25)8-16(21)18(13)22-17/h1-2,4-8,11-12,17,22H,3H2/t11-,12+,17-/m1/s1. The van der Waals surface area contributed by atoms with Gasteiger partial charge in [-0.3, -0.25) is 10.1 Å². The minimum absolute atomic E-state index is 0.00113. The molecular weight excluding hydrogens is 383 g/mol. The summed E-state index contributed by atoms with van der Waals surface area (Å²) < 4.78 is 0. The lowest BCUT2D eigenvalue weighted by Crippen LogP contribution is -2.29. The van der Waals surface area contributed by atoms with E-state index in [1.807, 2.05) is 12.1 Å². The molecule has 2 aromatic rings. The Morgan fingerprint density at radius 1 is 1.08 bits per heavy atom. The van der Waals surface area contributed by atoms with Crippen LogP contribution in [0.15, 0.2) is 42.5 Å². The van der Waals surface area contributed by atoms with Crippen molar-refractivity contribution in [3.8, 4) is 0 Å². The van der Waals surface area contributed by atoms with Crippen LogP contribution in [0.5, 0.6) is 0 Å². The van der Waals surface area contributed by atoms with E-state index < -0.39 is 4.92 Å². The third-order valence-corrected chi connectivity index (χ3v) is 5.96. The van der Waals surface area contributed by atoms with Crippen LogP contribution in [0.25, 0.3) is 0 Å². The van der Waals surface area contributed by atoms with E-state index in [-0.39, 0.29) is 23.6 Å². The number of rotatable bonds is 2. The molecule has 0 spiro atoms. The average Bonchev–Trinajstić information content (AvgIpc) is 3.06. The van der Waals surface area contributed by atoms with Crippen LogP contribution in [-0.2, 0) is 0 Å². The fraction of sp³-hybridized carbons (Fsp3) is 0.222. The molecule has 4 rings (SSSR count). The minimum atomic E-state index is -0.412. The average molecular weight is 396 g/mol. The third-order valence-electron chi connectivity index (χ3n) is 4.92. The molecule has 2 aliphatic rings. The molecule has 0 bridgehead atoms. The Hall–Kier alpha value is -1.75. The highest BCUT2D eigenvalue weighted by molar-refractivity contribution is 6.42. The highest BCUT2D eigenvalue weighted by atomic mass is 35.5. The second-order valence-corrected chi connectivity index (χ2v) is 7.52. The predicted octanol–water partition coefficient (Wildman–Crippen LogP) is 6.38. The number of allylic oxidation sites excluding steroid dienone is 2. The Labute approximate surface area is 159 Å². The van der Waals surface area contributed by atoms with Gasteiger partial charge in [0.25, 0.3) is 5.69 Å². The zero-order valence-corrected chi connectivity index (χ0v) is 15.1. The Morgan fingerprint density at radius 2 is 1.88 bits per heavy atom. The molecule has 7 heteroatoms. The molecule has 1 N–H and O–H groups in total. The van der Waals surface area contributed by atoms with Gasteiger partial charge in [-0.05, 0) is 35.6 Å². The molecule has 0 saturated heterocycles. The smallest absolute Gasteiger partial charge is 0.271 e. The largest absolute Gasteiger partial charge is 0.376 e. The predicted molar refractivity (Wildman–Crippen MR) is 101 cm³/mol. The van der Waals surface area contributed by atoms with Crippen molar-refractivity contribution in [2.75, 3.05) is 5.32 Å². The van der Waals surface area contributed by atoms with Crippen molar-refractivity contribution in [1.29, 1.82) is 0 Å². The Morgan fingerprint density at radius 3 is 2.60 bits per heavy atom. The van der Waals surface area contributed by atoms with Gasteiger partial charge in [-0.2, -0.15) is 0 Å². The van der Waals surface area contributed by atoms with Crippen molar-refractivity contribution in [3.63, 3.8) is 0 Å². The molecule has 1 aliphatic carbocycles. The van der Waals surface area contributed by atoms with Crippen molar-refractivity contribution < 1.29 is 4.92 Å². The third kappa shape index (κ3) is 2.78. The van der Waals surface area contributed by atoms with Crippen LogP contribution < -0.4 is 5.32 Å². The first-order valence-corrected chi connectivity index (χ1v) is 8.95. The first-order chi connectivity index (χ1) is 12.0. The molecule has 0 saturated carbocycles. The van der Waals surface area contributed by atoms with E-state index in [1.54, 1.807) is 12.1 Å². The fourth-order valence-corrected chi connectivity index (χ4v) is 4.36. The Balaban J connectivity index is 1.82. The van der Waals surface area contributed by atoms with Gasteiger partial charge in [-0.15, -0.1) is 0 Å². The second kappa shape index (κ2) is 6.20. The van der Waals surface area contributed by atoms with E-state index in [9.17, 15) is 10.1 Å². The van der Waals surface area contributed by atoms with Crippen LogP contribution in [-0.4, -0.2) is 4.92 Å². The van der Waals surface area contributed by atoms with Crippen molar-refractivity contribution >= 4 is 46.2 Å². The molecule has 128 valence electrons. The van der Waals surface area contributed by atoms with Crippen LogP contribution in [0.3, 0.4) is 0 Å². The Kier molecular flexibility index (Phi) is 4.14. The quantitative estimate of drug-likeness (QED) is 0.364.